The van der Waals surface area contributed by atoms with Gasteiger partial charge < -0.3 is 14.6 Å². The first-order valence-corrected chi connectivity index (χ1v) is 7.14. The van der Waals surface area contributed by atoms with Crippen LogP contribution in [0.15, 0.2) is 0 Å². The number of carbonyl (C=O) groups is 2. The van der Waals surface area contributed by atoms with Crippen LogP contribution >= 0.6 is 0 Å². The molecule has 0 aromatic carbocycles. The largest absolute Gasteiger partial charge is 0.461 e. The average Bonchev–Trinajstić information content (AvgIpc) is 2.88. The molecule has 1 saturated carbocycles. The zero-order valence-electron chi connectivity index (χ0n) is 12.4. The minimum atomic E-state index is -0.759. The van der Waals surface area contributed by atoms with Gasteiger partial charge in [-0.05, 0) is 52.8 Å². The van der Waals surface area contributed by atoms with Crippen molar-refractivity contribution in [2.24, 2.45) is 0 Å². The molecule has 3 fully saturated rings. The molecule has 1 aliphatic carbocycles. The first kappa shape index (κ1) is 13.9. The van der Waals surface area contributed by atoms with Gasteiger partial charge in [-0.2, -0.15) is 0 Å². The highest BCUT2D eigenvalue weighted by Crippen LogP contribution is 2.48. The van der Waals surface area contributed by atoms with Crippen LogP contribution in [0.2, 0.25) is 5.82 Å². The maximum absolute atomic E-state index is 11.9. The molecule has 7 heteroatoms. The third-order valence-electron chi connectivity index (χ3n) is 5.22. The van der Waals surface area contributed by atoms with Crippen LogP contribution in [-0.2, 0) is 14.1 Å². The summed E-state index contributed by atoms with van der Waals surface area (Å²) in [6.07, 6.45) is 2.02. The Hall–Kier alpha value is -1.08. The summed E-state index contributed by atoms with van der Waals surface area (Å²) < 4.78 is 12.1. The number of hydrogen-bond donors (Lipinski definition) is 2. The fraction of sp³-hybridized carbons (Fsp3) is 0.846. The van der Waals surface area contributed by atoms with Crippen molar-refractivity contribution in [3.05, 3.63) is 0 Å². The van der Waals surface area contributed by atoms with Crippen LogP contribution < -0.4 is 10.6 Å². The molecule has 0 aromatic rings. The fourth-order valence-electron chi connectivity index (χ4n) is 3.24. The highest BCUT2D eigenvalue weighted by molar-refractivity contribution is 6.47. The van der Waals surface area contributed by atoms with Crippen LogP contribution in [0.3, 0.4) is 0 Å². The molecule has 2 aliphatic heterocycles. The van der Waals surface area contributed by atoms with Gasteiger partial charge in [-0.15, -0.1) is 0 Å². The lowest BCUT2D eigenvalue weighted by atomic mass is 9.70. The first-order valence-electron chi connectivity index (χ1n) is 7.14. The van der Waals surface area contributed by atoms with E-state index >= 15 is 0 Å². The second kappa shape index (κ2) is 3.98. The van der Waals surface area contributed by atoms with Crippen LogP contribution in [0.1, 0.15) is 47.0 Å². The highest BCUT2D eigenvalue weighted by atomic mass is 16.7. The van der Waals surface area contributed by atoms with Gasteiger partial charge in [0.2, 0.25) is 0 Å². The van der Waals surface area contributed by atoms with Crippen LogP contribution in [-0.4, -0.2) is 35.8 Å². The quantitative estimate of drug-likeness (QED) is 0.559. The molecule has 2 atom stereocenters. The maximum Gasteiger partial charge on any atom is 0.461 e. The van der Waals surface area contributed by atoms with Gasteiger partial charge in [0, 0.05) is 0 Å². The smallest absolute Gasteiger partial charge is 0.403 e. The topological polar surface area (TPSA) is 76.7 Å². The molecular formula is C13H21BN2O4. The van der Waals surface area contributed by atoms with Crippen molar-refractivity contribution >= 4 is 19.1 Å². The van der Waals surface area contributed by atoms with E-state index in [1.54, 1.807) is 0 Å². The van der Waals surface area contributed by atoms with Crippen LogP contribution in [0.25, 0.3) is 0 Å². The van der Waals surface area contributed by atoms with Gasteiger partial charge in [0.05, 0.1) is 11.2 Å². The van der Waals surface area contributed by atoms with E-state index in [1.165, 1.54) is 0 Å². The van der Waals surface area contributed by atoms with Gasteiger partial charge in [-0.25, -0.2) is 4.79 Å². The van der Waals surface area contributed by atoms with Crippen LogP contribution in [0, 0.1) is 0 Å². The molecule has 1 spiro atoms. The Morgan fingerprint density at radius 1 is 1.15 bits per heavy atom. The molecule has 3 amide bonds. The van der Waals surface area contributed by atoms with Crippen LogP contribution in [0.4, 0.5) is 4.79 Å². The molecule has 0 aromatic heterocycles. The Morgan fingerprint density at radius 3 is 2.25 bits per heavy atom. The predicted molar refractivity (Wildman–Crippen MR) is 73.1 cm³/mol. The van der Waals surface area contributed by atoms with Gasteiger partial charge in [0.25, 0.3) is 5.91 Å². The monoisotopic (exact) mass is 280 g/mol. The van der Waals surface area contributed by atoms with E-state index in [2.05, 4.69) is 10.6 Å². The maximum atomic E-state index is 11.9. The van der Waals surface area contributed by atoms with E-state index in [-0.39, 0.29) is 30.0 Å². The van der Waals surface area contributed by atoms with E-state index in [4.69, 9.17) is 9.31 Å². The summed E-state index contributed by atoms with van der Waals surface area (Å²) in [5.74, 6) is -0.0956. The average molecular weight is 280 g/mol. The van der Waals surface area contributed by atoms with E-state index in [0.717, 1.165) is 6.42 Å². The summed E-state index contributed by atoms with van der Waals surface area (Å²) in [6.45, 7) is 8.06. The molecule has 3 aliphatic rings. The predicted octanol–water partition coefficient (Wildman–Crippen LogP) is 1.21. The van der Waals surface area contributed by atoms with Crippen molar-refractivity contribution in [2.75, 3.05) is 0 Å². The Kier molecular flexibility index (Phi) is 2.76. The van der Waals surface area contributed by atoms with Crippen LogP contribution in [0.5, 0.6) is 0 Å². The lowest BCUT2D eigenvalue weighted by Crippen LogP contribution is -2.44. The number of amides is 3. The number of nitrogens with one attached hydrogen (secondary N) is 2. The van der Waals surface area contributed by atoms with Gasteiger partial charge in [-0.3, -0.25) is 10.1 Å². The Balaban J connectivity index is 1.73. The van der Waals surface area contributed by atoms with Crippen molar-refractivity contribution in [3.63, 3.8) is 0 Å². The van der Waals surface area contributed by atoms with Gasteiger partial charge >= 0.3 is 13.1 Å². The molecule has 3 rings (SSSR count). The number of hydrogen-bond acceptors (Lipinski definition) is 4. The second-order valence-corrected chi connectivity index (χ2v) is 7.12. The Bertz CT molecular complexity index is 463. The van der Waals surface area contributed by atoms with Crippen molar-refractivity contribution in [1.82, 2.24) is 10.6 Å². The normalized spacial score (nSPS) is 38.4. The summed E-state index contributed by atoms with van der Waals surface area (Å²) in [5, 5.41) is 5.09. The Morgan fingerprint density at radius 2 is 1.75 bits per heavy atom. The lowest BCUT2D eigenvalue weighted by molar-refractivity contribution is -0.123. The van der Waals surface area contributed by atoms with Crippen molar-refractivity contribution < 1.29 is 18.9 Å². The molecule has 2 N–H and O–H groups in total. The molecule has 0 bridgehead atoms. The second-order valence-electron chi connectivity index (χ2n) is 7.12. The first-order chi connectivity index (χ1) is 9.15. The fourth-order valence-corrected chi connectivity index (χ4v) is 3.24. The molecule has 6 nitrogen and oxygen atoms in total. The molecule has 0 radical (unpaired) electrons. The van der Waals surface area contributed by atoms with E-state index in [9.17, 15) is 9.59 Å². The molecular weight excluding hydrogens is 259 g/mol. The number of imide groups is 1. The SMILES string of the molecule is CC1(C)OB(C2CCC3(C2)NC(=O)NC3=O)OC1(C)C. The number of urea groups is 1. The summed E-state index contributed by atoms with van der Waals surface area (Å²) >= 11 is 0. The van der Waals surface area contributed by atoms with E-state index < -0.39 is 11.6 Å². The molecule has 110 valence electrons. The highest BCUT2D eigenvalue weighted by Gasteiger charge is 2.59. The van der Waals surface area contributed by atoms with Crippen molar-refractivity contribution in [1.29, 1.82) is 0 Å². The summed E-state index contributed by atoms with van der Waals surface area (Å²) in [7, 11) is -0.315. The van der Waals surface area contributed by atoms with Crippen molar-refractivity contribution in [3.8, 4) is 0 Å². The molecule has 2 heterocycles. The van der Waals surface area contributed by atoms with Gasteiger partial charge in [0.1, 0.15) is 5.54 Å². The molecule has 2 saturated heterocycles. The van der Waals surface area contributed by atoms with Crippen molar-refractivity contribution in [2.45, 2.75) is 69.5 Å². The summed E-state index contributed by atoms with van der Waals surface area (Å²) in [5.41, 5.74) is -1.49. The third kappa shape index (κ3) is 1.87. The Labute approximate surface area is 119 Å². The molecule has 2 unspecified atom stereocenters. The third-order valence-corrected chi connectivity index (χ3v) is 5.22. The number of carbonyl (C=O) groups excluding carboxylic acids is 2. The van der Waals surface area contributed by atoms with Gasteiger partial charge in [-0.1, -0.05) is 0 Å². The van der Waals surface area contributed by atoms with E-state index in [1.807, 2.05) is 27.7 Å². The zero-order chi connectivity index (χ0) is 14.8. The summed E-state index contributed by atoms with van der Waals surface area (Å²) in [6, 6.07) is -0.399. The lowest BCUT2D eigenvalue weighted by Gasteiger charge is -2.32. The zero-order valence-corrected chi connectivity index (χ0v) is 12.4. The van der Waals surface area contributed by atoms with Gasteiger partial charge in [0.15, 0.2) is 0 Å². The van der Waals surface area contributed by atoms with E-state index in [0.29, 0.717) is 12.8 Å². The molecule has 20 heavy (non-hydrogen) atoms. The standard InChI is InChI=1S/C13H21BN2O4/c1-11(2)12(3,4)20-14(19-11)8-5-6-13(7-8)9(17)15-10(18)16-13/h8H,5-7H2,1-4H3,(H2,15,16,17,18). The number of rotatable bonds is 1. The minimum Gasteiger partial charge on any atom is -0.403 e. The summed E-state index contributed by atoms with van der Waals surface area (Å²) in [4.78, 5) is 23.3. The minimum absolute atomic E-state index is 0.125.